The van der Waals surface area contributed by atoms with Crippen LogP contribution < -0.4 is 4.74 Å². The first-order valence-electron chi connectivity index (χ1n) is 6.78. The van der Waals surface area contributed by atoms with Crippen LogP contribution in [0.3, 0.4) is 0 Å². The van der Waals surface area contributed by atoms with E-state index in [9.17, 15) is 4.39 Å². The SMILES string of the molecule is COc1ccc(-c2csc(/C=C/c3ccc(F)cc3)n2)cc1. The van der Waals surface area contributed by atoms with Gasteiger partial charge in [0.15, 0.2) is 0 Å². The van der Waals surface area contributed by atoms with E-state index in [1.165, 1.54) is 12.1 Å². The molecule has 3 rings (SSSR count). The molecule has 110 valence electrons. The molecule has 22 heavy (non-hydrogen) atoms. The predicted molar refractivity (Wildman–Crippen MR) is 89.4 cm³/mol. The fourth-order valence-electron chi connectivity index (χ4n) is 2.00. The van der Waals surface area contributed by atoms with Crippen LogP contribution in [0.15, 0.2) is 53.9 Å². The summed E-state index contributed by atoms with van der Waals surface area (Å²) in [5, 5.41) is 2.93. The van der Waals surface area contributed by atoms with Crippen molar-refractivity contribution in [3.63, 3.8) is 0 Å². The fraction of sp³-hybridized carbons (Fsp3) is 0.0556. The highest BCUT2D eigenvalue weighted by Crippen LogP contribution is 2.25. The Labute approximate surface area is 132 Å². The zero-order chi connectivity index (χ0) is 15.4. The van der Waals surface area contributed by atoms with Gasteiger partial charge in [-0.05, 0) is 48.0 Å². The Kier molecular flexibility index (Phi) is 4.30. The smallest absolute Gasteiger partial charge is 0.123 e. The molecule has 0 bridgehead atoms. The molecule has 2 nitrogen and oxygen atoms in total. The van der Waals surface area contributed by atoms with Crippen LogP contribution in [0.2, 0.25) is 0 Å². The minimum atomic E-state index is -0.229. The molecule has 1 heterocycles. The molecule has 0 aliphatic heterocycles. The standard InChI is InChI=1S/C18H14FNOS/c1-21-16-9-5-14(6-10-16)17-12-22-18(20-17)11-4-13-2-7-15(19)8-3-13/h2-12H,1H3/b11-4+. The van der Waals surface area contributed by atoms with Crippen LogP contribution in [0.5, 0.6) is 5.75 Å². The van der Waals surface area contributed by atoms with Crippen molar-refractivity contribution in [2.24, 2.45) is 0 Å². The van der Waals surface area contributed by atoms with Crippen molar-refractivity contribution in [1.29, 1.82) is 0 Å². The Morgan fingerprint density at radius 2 is 1.73 bits per heavy atom. The van der Waals surface area contributed by atoms with E-state index in [0.717, 1.165) is 27.6 Å². The first-order valence-corrected chi connectivity index (χ1v) is 7.66. The Morgan fingerprint density at radius 3 is 2.41 bits per heavy atom. The molecule has 0 unspecified atom stereocenters. The van der Waals surface area contributed by atoms with Gasteiger partial charge in [-0.3, -0.25) is 0 Å². The molecular formula is C18H14FNOS. The van der Waals surface area contributed by atoms with E-state index >= 15 is 0 Å². The molecular weight excluding hydrogens is 297 g/mol. The van der Waals surface area contributed by atoms with Crippen molar-refractivity contribution in [1.82, 2.24) is 4.98 Å². The Morgan fingerprint density at radius 1 is 1.00 bits per heavy atom. The summed E-state index contributed by atoms with van der Waals surface area (Å²) in [6.07, 6.45) is 3.86. The number of halogens is 1. The van der Waals surface area contributed by atoms with Crippen molar-refractivity contribution in [2.45, 2.75) is 0 Å². The Bertz CT molecular complexity index is 776. The number of thiazole rings is 1. The molecule has 0 saturated carbocycles. The van der Waals surface area contributed by atoms with Crippen molar-refractivity contribution in [3.8, 4) is 17.0 Å². The quantitative estimate of drug-likeness (QED) is 0.666. The highest BCUT2D eigenvalue weighted by molar-refractivity contribution is 7.10. The van der Waals surface area contributed by atoms with Crippen LogP contribution >= 0.6 is 11.3 Å². The Hall–Kier alpha value is -2.46. The summed E-state index contributed by atoms with van der Waals surface area (Å²) in [7, 11) is 1.65. The molecule has 0 N–H and O–H groups in total. The molecule has 0 aliphatic carbocycles. The van der Waals surface area contributed by atoms with Gasteiger partial charge in [0.2, 0.25) is 0 Å². The second-order valence-electron chi connectivity index (χ2n) is 4.68. The second-order valence-corrected chi connectivity index (χ2v) is 5.57. The van der Waals surface area contributed by atoms with Gasteiger partial charge >= 0.3 is 0 Å². The molecule has 0 spiro atoms. The number of ether oxygens (including phenoxy) is 1. The number of hydrogen-bond acceptors (Lipinski definition) is 3. The van der Waals surface area contributed by atoms with Crippen LogP contribution in [-0.2, 0) is 0 Å². The summed E-state index contributed by atoms with van der Waals surface area (Å²) in [6.45, 7) is 0. The lowest BCUT2D eigenvalue weighted by Crippen LogP contribution is -1.82. The summed E-state index contributed by atoms with van der Waals surface area (Å²) >= 11 is 1.57. The van der Waals surface area contributed by atoms with Gasteiger partial charge in [0.25, 0.3) is 0 Å². The van der Waals surface area contributed by atoms with Crippen LogP contribution in [-0.4, -0.2) is 12.1 Å². The van der Waals surface area contributed by atoms with E-state index in [2.05, 4.69) is 4.98 Å². The van der Waals surface area contributed by atoms with Crippen LogP contribution in [0, 0.1) is 5.82 Å². The van der Waals surface area contributed by atoms with Crippen molar-refractivity contribution < 1.29 is 9.13 Å². The maximum absolute atomic E-state index is 12.9. The third-order valence-electron chi connectivity index (χ3n) is 3.20. The zero-order valence-corrected chi connectivity index (χ0v) is 12.8. The first-order chi connectivity index (χ1) is 10.7. The lowest BCUT2D eigenvalue weighted by atomic mass is 10.2. The Balaban J connectivity index is 1.76. The average molecular weight is 311 g/mol. The van der Waals surface area contributed by atoms with Crippen LogP contribution in [0.1, 0.15) is 10.6 Å². The van der Waals surface area contributed by atoms with Crippen molar-refractivity contribution in [2.75, 3.05) is 7.11 Å². The zero-order valence-electron chi connectivity index (χ0n) is 12.0. The number of aromatic nitrogens is 1. The van der Waals surface area contributed by atoms with Crippen LogP contribution in [0.4, 0.5) is 4.39 Å². The molecule has 0 fully saturated rings. The summed E-state index contributed by atoms with van der Waals surface area (Å²) in [5.74, 6) is 0.601. The summed E-state index contributed by atoms with van der Waals surface area (Å²) < 4.78 is 18.0. The number of benzene rings is 2. The minimum Gasteiger partial charge on any atom is -0.497 e. The third kappa shape index (κ3) is 3.40. The van der Waals surface area contributed by atoms with Crippen LogP contribution in [0.25, 0.3) is 23.4 Å². The van der Waals surface area contributed by atoms with Gasteiger partial charge in [-0.2, -0.15) is 0 Å². The first kappa shape index (κ1) is 14.5. The van der Waals surface area contributed by atoms with Gasteiger partial charge in [0, 0.05) is 10.9 Å². The van der Waals surface area contributed by atoms with Gasteiger partial charge in [-0.25, -0.2) is 9.37 Å². The highest BCUT2D eigenvalue weighted by Gasteiger charge is 2.03. The monoisotopic (exact) mass is 311 g/mol. The number of methoxy groups -OCH3 is 1. The maximum atomic E-state index is 12.9. The lowest BCUT2D eigenvalue weighted by Gasteiger charge is -2.00. The van der Waals surface area contributed by atoms with E-state index in [1.807, 2.05) is 41.8 Å². The van der Waals surface area contributed by atoms with E-state index in [-0.39, 0.29) is 5.82 Å². The van der Waals surface area contributed by atoms with Gasteiger partial charge in [0.05, 0.1) is 12.8 Å². The van der Waals surface area contributed by atoms with Gasteiger partial charge in [-0.1, -0.05) is 18.2 Å². The topological polar surface area (TPSA) is 22.1 Å². The molecule has 0 radical (unpaired) electrons. The molecule has 2 aromatic carbocycles. The van der Waals surface area contributed by atoms with E-state index in [4.69, 9.17) is 4.74 Å². The third-order valence-corrected chi connectivity index (χ3v) is 4.01. The average Bonchev–Trinajstić information content (AvgIpc) is 3.03. The normalized spacial score (nSPS) is 11.0. The summed E-state index contributed by atoms with van der Waals surface area (Å²) in [6, 6.07) is 14.2. The molecule has 0 aliphatic rings. The lowest BCUT2D eigenvalue weighted by molar-refractivity contribution is 0.415. The second kappa shape index (κ2) is 6.54. The molecule has 1 aromatic heterocycles. The molecule has 3 aromatic rings. The fourth-order valence-corrected chi connectivity index (χ4v) is 2.72. The summed E-state index contributed by atoms with van der Waals surface area (Å²) in [4.78, 5) is 4.59. The highest BCUT2D eigenvalue weighted by atomic mass is 32.1. The summed E-state index contributed by atoms with van der Waals surface area (Å²) in [5.41, 5.74) is 2.94. The van der Waals surface area contributed by atoms with Gasteiger partial charge < -0.3 is 4.74 Å². The number of hydrogen-bond donors (Lipinski definition) is 0. The maximum Gasteiger partial charge on any atom is 0.123 e. The van der Waals surface area contributed by atoms with E-state index in [1.54, 1.807) is 30.6 Å². The predicted octanol–water partition coefficient (Wildman–Crippen LogP) is 5.13. The van der Waals surface area contributed by atoms with Crippen molar-refractivity contribution >= 4 is 23.5 Å². The largest absolute Gasteiger partial charge is 0.497 e. The minimum absolute atomic E-state index is 0.229. The van der Waals surface area contributed by atoms with Gasteiger partial charge in [-0.15, -0.1) is 11.3 Å². The van der Waals surface area contributed by atoms with Crippen molar-refractivity contribution in [3.05, 3.63) is 70.3 Å². The van der Waals surface area contributed by atoms with E-state index in [0.29, 0.717) is 0 Å². The van der Waals surface area contributed by atoms with E-state index < -0.39 is 0 Å². The molecule has 0 atom stereocenters. The van der Waals surface area contributed by atoms with Gasteiger partial charge in [0.1, 0.15) is 16.6 Å². The number of nitrogens with zero attached hydrogens (tertiary/aromatic N) is 1. The molecule has 4 heteroatoms. The molecule has 0 saturated heterocycles. The molecule has 0 amide bonds. The number of rotatable bonds is 4.